The molecule has 3 heterocycles. The molecule has 1 atom stereocenters. The van der Waals surface area contributed by atoms with Gasteiger partial charge in [0.1, 0.15) is 11.3 Å². The maximum absolute atomic E-state index is 12.4. The first-order valence-electron chi connectivity index (χ1n) is 11.2. The standard InChI is InChI=1S/C27H27Cl2N3O3/c1-14-21(17-7-9-18(28)10-8-17)22(25(26(33)34)35-27(4,5)6)15(2)30-23(14)24-16(3)32-13-19(29)11-12-20(32)31-24/h7-13,25H,1-6H3,(H,33,34)/t25-/m0/s1. The number of carboxylic acids is 1. The van der Waals surface area contributed by atoms with Gasteiger partial charge >= 0.3 is 5.97 Å². The van der Waals surface area contributed by atoms with E-state index in [0.717, 1.165) is 28.0 Å². The van der Waals surface area contributed by atoms with Crippen molar-refractivity contribution in [2.75, 3.05) is 0 Å². The quantitative estimate of drug-likeness (QED) is 0.305. The van der Waals surface area contributed by atoms with E-state index >= 15 is 0 Å². The molecule has 0 saturated carbocycles. The van der Waals surface area contributed by atoms with Gasteiger partial charge in [-0.25, -0.2) is 9.78 Å². The fourth-order valence-electron chi connectivity index (χ4n) is 4.30. The van der Waals surface area contributed by atoms with Crippen LogP contribution in [-0.4, -0.2) is 31.0 Å². The summed E-state index contributed by atoms with van der Waals surface area (Å²) in [5.74, 6) is -1.08. The van der Waals surface area contributed by atoms with Crippen LogP contribution in [0.3, 0.4) is 0 Å². The Morgan fingerprint density at radius 3 is 2.20 bits per heavy atom. The lowest BCUT2D eigenvalue weighted by molar-refractivity contribution is -0.160. The zero-order valence-electron chi connectivity index (χ0n) is 20.5. The van der Waals surface area contributed by atoms with E-state index in [2.05, 4.69) is 0 Å². The van der Waals surface area contributed by atoms with Crippen LogP contribution in [0.25, 0.3) is 28.2 Å². The molecule has 0 aliphatic heterocycles. The first-order chi connectivity index (χ1) is 16.4. The molecule has 0 aliphatic rings. The molecule has 0 spiro atoms. The van der Waals surface area contributed by atoms with Crippen molar-refractivity contribution in [2.45, 2.75) is 53.2 Å². The highest BCUT2D eigenvalue weighted by Crippen LogP contribution is 2.41. The lowest BCUT2D eigenvalue weighted by Gasteiger charge is -2.28. The summed E-state index contributed by atoms with van der Waals surface area (Å²) in [7, 11) is 0. The highest BCUT2D eigenvalue weighted by Gasteiger charge is 2.33. The summed E-state index contributed by atoms with van der Waals surface area (Å²) in [6.45, 7) is 11.2. The number of aliphatic carboxylic acids is 1. The molecule has 0 bridgehead atoms. The van der Waals surface area contributed by atoms with Crippen molar-refractivity contribution in [3.05, 3.63) is 75.2 Å². The number of carboxylic acid groups (broad SMARTS) is 1. The van der Waals surface area contributed by atoms with E-state index in [-0.39, 0.29) is 0 Å². The molecular formula is C27H27Cl2N3O3. The highest BCUT2D eigenvalue weighted by molar-refractivity contribution is 6.30. The van der Waals surface area contributed by atoms with Crippen LogP contribution in [-0.2, 0) is 9.53 Å². The van der Waals surface area contributed by atoms with E-state index in [0.29, 0.717) is 32.7 Å². The largest absolute Gasteiger partial charge is 0.479 e. The number of fused-ring (bicyclic) bond motifs is 1. The Balaban J connectivity index is 2.05. The van der Waals surface area contributed by atoms with Gasteiger partial charge in [0.05, 0.1) is 16.3 Å². The van der Waals surface area contributed by atoms with Gasteiger partial charge in [0.25, 0.3) is 0 Å². The summed E-state index contributed by atoms with van der Waals surface area (Å²) in [5.41, 5.74) is 5.77. The minimum Gasteiger partial charge on any atom is -0.479 e. The predicted octanol–water partition coefficient (Wildman–Crippen LogP) is 7.24. The maximum Gasteiger partial charge on any atom is 0.337 e. The molecule has 3 aromatic heterocycles. The summed E-state index contributed by atoms with van der Waals surface area (Å²) in [5, 5.41) is 11.4. The molecular weight excluding hydrogens is 485 g/mol. The molecule has 4 aromatic rings. The first-order valence-corrected chi connectivity index (χ1v) is 11.9. The number of benzene rings is 1. The number of rotatable bonds is 5. The number of pyridine rings is 2. The molecule has 182 valence electrons. The fourth-order valence-corrected chi connectivity index (χ4v) is 4.59. The highest BCUT2D eigenvalue weighted by atomic mass is 35.5. The number of aryl methyl sites for hydroxylation is 2. The fraction of sp³-hybridized carbons (Fsp3) is 0.296. The van der Waals surface area contributed by atoms with Gasteiger partial charge in [0.2, 0.25) is 0 Å². The first kappa shape index (κ1) is 25.2. The maximum atomic E-state index is 12.4. The molecule has 1 aromatic carbocycles. The Kier molecular flexibility index (Phi) is 6.66. The average molecular weight is 512 g/mol. The van der Waals surface area contributed by atoms with Crippen LogP contribution in [0.1, 0.15) is 49.4 Å². The summed E-state index contributed by atoms with van der Waals surface area (Å²) >= 11 is 12.4. The van der Waals surface area contributed by atoms with Crippen molar-refractivity contribution >= 4 is 34.8 Å². The average Bonchev–Trinajstić information content (AvgIpc) is 3.09. The van der Waals surface area contributed by atoms with Gasteiger partial charge in [0.15, 0.2) is 6.10 Å². The number of ether oxygens (including phenoxy) is 1. The molecule has 0 fully saturated rings. The number of carbonyl (C=O) groups is 1. The monoisotopic (exact) mass is 511 g/mol. The normalized spacial score (nSPS) is 12.8. The third-order valence-corrected chi connectivity index (χ3v) is 6.28. The SMILES string of the molecule is Cc1nc(-c2nc3ccc(Cl)cn3c2C)c(C)c(-c2ccc(Cl)cc2)c1[C@H](OC(C)(C)C)C(=O)O. The third-order valence-electron chi connectivity index (χ3n) is 5.81. The van der Waals surface area contributed by atoms with Crippen LogP contribution < -0.4 is 0 Å². The van der Waals surface area contributed by atoms with Crippen LogP contribution in [0.2, 0.25) is 10.0 Å². The molecule has 0 saturated heterocycles. The molecule has 4 rings (SSSR count). The van der Waals surface area contributed by atoms with Crippen LogP contribution in [0.15, 0.2) is 42.6 Å². The molecule has 0 aliphatic carbocycles. The van der Waals surface area contributed by atoms with Gasteiger partial charge in [-0.3, -0.25) is 4.98 Å². The molecule has 1 N–H and O–H groups in total. The lowest BCUT2D eigenvalue weighted by atomic mass is 9.89. The van der Waals surface area contributed by atoms with Gasteiger partial charge in [-0.15, -0.1) is 0 Å². The van der Waals surface area contributed by atoms with Crippen molar-refractivity contribution < 1.29 is 14.6 Å². The van der Waals surface area contributed by atoms with Crippen molar-refractivity contribution in [3.63, 3.8) is 0 Å². The minimum atomic E-state index is -1.21. The molecule has 6 nitrogen and oxygen atoms in total. The van der Waals surface area contributed by atoms with Crippen LogP contribution in [0, 0.1) is 20.8 Å². The van der Waals surface area contributed by atoms with Gasteiger partial charge in [-0.05, 0) is 82.5 Å². The summed E-state index contributed by atoms with van der Waals surface area (Å²) in [6.07, 6.45) is 0.610. The molecule has 0 radical (unpaired) electrons. The number of imidazole rings is 1. The van der Waals surface area contributed by atoms with Gasteiger partial charge in [-0.1, -0.05) is 35.3 Å². The summed E-state index contributed by atoms with van der Waals surface area (Å²) < 4.78 is 7.96. The van der Waals surface area contributed by atoms with Crippen molar-refractivity contribution in [2.24, 2.45) is 0 Å². The molecule has 35 heavy (non-hydrogen) atoms. The zero-order chi connectivity index (χ0) is 25.7. The van der Waals surface area contributed by atoms with E-state index < -0.39 is 17.7 Å². The van der Waals surface area contributed by atoms with E-state index in [4.69, 9.17) is 37.9 Å². The second kappa shape index (κ2) is 9.26. The van der Waals surface area contributed by atoms with Gasteiger partial charge in [0, 0.05) is 28.2 Å². The smallest absolute Gasteiger partial charge is 0.337 e. The summed E-state index contributed by atoms with van der Waals surface area (Å²) in [6, 6.07) is 11.0. The number of aromatic nitrogens is 3. The second-order valence-electron chi connectivity index (χ2n) is 9.54. The zero-order valence-corrected chi connectivity index (χ0v) is 22.0. The van der Waals surface area contributed by atoms with Gasteiger partial charge < -0.3 is 14.2 Å². The van der Waals surface area contributed by atoms with Crippen LogP contribution >= 0.6 is 23.2 Å². The van der Waals surface area contributed by atoms with Gasteiger partial charge in [-0.2, -0.15) is 0 Å². The van der Waals surface area contributed by atoms with Crippen LogP contribution in [0.4, 0.5) is 0 Å². The second-order valence-corrected chi connectivity index (χ2v) is 10.4. The molecule has 0 unspecified atom stereocenters. The Hall–Kier alpha value is -2.93. The van der Waals surface area contributed by atoms with Crippen molar-refractivity contribution in [3.8, 4) is 22.5 Å². The topological polar surface area (TPSA) is 76.7 Å². The third kappa shape index (κ3) is 4.92. The number of nitrogens with zero attached hydrogens (tertiary/aromatic N) is 3. The predicted molar refractivity (Wildman–Crippen MR) is 139 cm³/mol. The Morgan fingerprint density at radius 2 is 1.60 bits per heavy atom. The summed E-state index contributed by atoms with van der Waals surface area (Å²) in [4.78, 5) is 22.1. The Bertz CT molecular complexity index is 1440. The van der Waals surface area contributed by atoms with E-state index in [9.17, 15) is 9.90 Å². The van der Waals surface area contributed by atoms with E-state index in [1.165, 1.54) is 0 Å². The molecule has 0 amide bonds. The van der Waals surface area contributed by atoms with Crippen LogP contribution in [0.5, 0.6) is 0 Å². The van der Waals surface area contributed by atoms with Crippen molar-refractivity contribution in [1.82, 2.24) is 14.4 Å². The van der Waals surface area contributed by atoms with E-state index in [1.807, 2.05) is 70.3 Å². The number of halogens is 2. The Morgan fingerprint density at radius 1 is 0.971 bits per heavy atom. The molecule has 8 heteroatoms. The number of hydrogen-bond donors (Lipinski definition) is 1. The minimum absolute atomic E-state index is 0.514. The number of hydrogen-bond acceptors (Lipinski definition) is 4. The lowest BCUT2D eigenvalue weighted by Crippen LogP contribution is -2.28. The van der Waals surface area contributed by atoms with Crippen molar-refractivity contribution in [1.29, 1.82) is 0 Å². The Labute approximate surface area is 214 Å². The van der Waals surface area contributed by atoms with E-state index in [1.54, 1.807) is 18.2 Å².